The van der Waals surface area contributed by atoms with E-state index in [-0.39, 0.29) is 16.8 Å². The van der Waals surface area contributed by atoms with Crippen molar-refractivity contribution in [3.63, 3.8) is 0 Å². The van der Waals surface area contributed by atoms with Crippen LogP contribution < -0.4 is 15.1 Å². The van der Waals surface area contributed by atoms with Gasteiger partial charge in [0.2, 0.25) is 10.9 Å². The number of hydrogen-bond acceptors (Lipinski definition) is 7. The molecular weight excluding hydrogens is 462 g/mol. The molecule has 0 bridgehead atoms. The van der Waals surface area contributed by atoms with Gasteiger partial charge in [-0.3, -0.25) is 14.5 Å². The first-order chi connectivity index (χ1) is 16.0. The van der Waals surface area contributed by atoms with Gasteiger partial charge in [-0.15, -0.1) is 10.2 Å². The average Bonchev–Trinajstić information content (AvgIpc) is 3.41. The van der Waals surface area contributed by atoms with E-state index in [0.717, 1.165) is 10.6 Å². The second-order valence-corrected chi connectivity index (χ2v) is 8.87. The van der Waals surface area contributed by atoms with Crippen molar-refractivity contribution in [2.45, 2.75) is 19.4 Å². The zero-order chi connectivity index (χ0) is 23.1. The smallest absolute Gasteiger partial charge is 0.297 e. The van der Waals surface area contributed by atoms with Gasteiger partial charge in [-0.2, -0.15) is 0 Å². The largest absolute Gasteiger partial charge is 0.490 e. The summed E-state index contributed by atoms with van der Waals surface area (Å²) in [6.07, 6.45) is 2.34. The molecule has 1 atom stereocenters. The third-order valence-corrected chi connectivity index (χ3v) is 6.66. The molecule has 33 heavy (non-hydrogen) atoms. The van der Waals surface area contributed by atoms with E-state index >= 15 is 0 Å². The van der Waals surface area contributed by atoms with Crippen molar-refractivity contribution in [3.8, 4) is 5.75 Å². The van der Waals surface area contributed by atoms with Crippen molar-refractivity contribution < 1.29 is 13.9 Å². The van der Waals surface area contributed by atoms with Crippen LogP contribution in [0.25, 0.3) is 11.0 Å². The van der Waals surface area contributed by atoms with E-state index < -0.39 is 11.9 Å². The van der Waals surface area contributed by atoms with E-state index in [9.17, 15) is 9.59 Å². The molecule has 0 spiro atoms. The molecule has 166 valence electrons. The Labute approximate surface area is 197 Å². The highest BCUT2D eigenvalue weighted by Gasteiger charge is 2.45. The normalized spacial score (nSPS) is 15.2. The number of carbonyl (C=O) groups is 1. The maximum absolute atomic E-state index is 13.6. The van der Waals surface area contributed by atoms with E-state index in [2.05, 4.69) is 16.8 Å². The Hall–Kier alpha value is -3.49. The van der Waals surface area contributed by atoms with Gasteiger partial charge in [0, 0.05) is 5.02 Å². The summed E-state index contributed by atoms with van der Waals surface area (Å²) >= 11 is 7.44. The molecule has 0 saturated heterocycles. The number of ether oxygens (including phenoxy) is 1. The van der Waals surface area contributed by atoms with Gasteiger partial charge in [-0.05, 0) is 42.3 Å². The molecule has 2 aromatic heterocycles. The summed E-state index contributed by atoms with van der Waals surface area (Å²) in [7, 11) is 0. The number of nitrogens with zero attached hydrogens (tertiary/aromatic N) is 3. The summed E-state index contributed by atoms with van der Waals surface area (Å²) in [5, 5.41) is 10.3. The number of benzene rings is 2. The van der Waals surface area contributed by atoms with Gasteiger partial charge in [0.05, 0.1) is 17.0 Å². The van der Waals surface area contributed by atoms with Gasteiger partial charge < -0.3 is 9.15 Å². The second-order valence-electron chi connectivity index (χ2n) is 7.39. The van der Waals surface area contributed by atoms with Crippen LogP contribution in [0.4, 0.5) is 5.13 Å². The van der Waals surface area contributed by atoms with Crippen molar-refractivity contribution in [3.05, 3.63) is 92.3 Å². The Morgan fingerprint density at radius 2 is 2.00 bits per heavy atom. The first-order valence-electron chi connectivity index (χ1n) is 10.3. The Morgan fingerprint density at radius 3 is 2.70 bits per heavy atom. The standard InChI is InChI=1S/C24H18ClN3O4S/c1-3-11-31-15-8-5-13(6-9-15)20-19-21(29)16-12-14(25)7-10-17(16)32-22(19)23(30)28(20)24-27-26-18(4-2)33-24/h3,5-10,12,20H,1,4,11H2,2H3/t20-/m1/s1. The van der Waals surface area contributed by atoms with E-state index in [1.54, 1.807) is 36.4 Å². The molecule has 0 aliphatic carbocycles. The Morgan fingerprint density at radius 1 is 1.21 bits per heavy atom. The molecule has 0 unspecified atom stereocenters. The fourth-order valence-electron chi connectivity index (χ4n) is 3.84. The van der Waals surface area contributed by atoms with E-state index in [4.69, 9.17) is 20.8 Å². The lowest BCUT2D eigenvalue weighted by atomic mass is 9.98. The first-order valence-corrected chi connectivity index (χ1v) is 11.5. The fraction of sp³-hybridized carbons (Fsp3) is 0.167. The van der Waals surface area contributed by atoms with Crippen molar-refractivity contribution in [1.82, 2.24) is 10.2 Å². The van der Waals surface area contributed by atoms with E-state index in [1.165, 1.54) is 16.2 Å². The molecule has 5 rings (SSSR count). The summed E-state index contributed by atoms with van der Waals surface area (Å²) < 4.78 is 11.5. The molecule has 2 aromatic carbocycles. The van der Waals surface area contributed by atoms with Crippen LogP contribution in [0.3, 0.4) is 0 Å². The van der Waals surface area contributed by atoms with Crippen molar-refractivity contribution in [1.29, 1.82) is 0 Å². The van der Waals surface area contributed by atoms with Crippen LogP contribution in [0.15, 0.2) is 64.3 Å². The lowest BCUT2D eigenvalue weighted by molar-refractivity contribution is 0.0970. The lowest BCUT2D eigenvalue weighted by Gasteiger charge is -2.22. The summed E-state index contributed by atoms with van der Waals surface area (Å²) in [5.41, 5.74) is 0.969. The molecule has 7 nitrogen and oxygen atoms in total. The van der Waals surface area contributed by atoms with E-state index in [0.29, 0.717) is 39.9 Å². The fourth-order valence-corrected chi connectivity index (χ4v) is 4.82. The molecule has 9 heteroatoms. The first kappa shape index (κ1) is 21.4. The quantitative estimate of drug-likeness (QED) is 0.354. The number of hydrogen-bond donors (Lipinski definition) is 0. The second kappa shape index (κ2) is 8.46. The number of carbonyl (C=O) groups excluding carboxylic acids is 1. The highest BCUT2D eigenvalue weighted by Crippen LogP contribution is 2.42. The molecule has 4 aromatic rings. The summed E-state index contributed by atoms with van der Waals surface area (Å²) in [5.74, 6) is 0.214. The van der Waals surface area contributed by atoms with Crippen LogP contribution in [0.1, 0.15) is 39.7 Å². The highest BCUT2D eigenvalue weighted by atomic mass is 35.5. The average molecular weight is 480 g/mol. The Kier molecular flexibility index (Phi) is 5.47. The van der Waals surface area contributed by atoms with E-state index in [1.807, 2.05) is 19.1 Å². The third kappa shape index (κ3) is 3.61. The van der Waals surface area contributed by atoms with Crippen molar-refractivity contribution in [2.75, 3.05) is 11.5 Å². The SMILES string of the molecule is C=CCOc1ccc([C@@H]2c3c(oc4ccc(Cl)cc4c3=O)C(=O)N2c2nnc(CC)s2)cc1. The van der Waals surface area contributed by atoms with Gasteiger partial charge in [0.1, 0.15) is 22.9 Å². The minimum Gasteiger partial charge on any atom is -0.490 e. The molecule has 1 aliphatic rings. The van der Waals surface area contributed by atoms with Gasteiger partial charge in [-0.25, -0.2) is 0 Å². The zero-order valence-electron chi connectivity index (χ0n) is 17.6. The summed E-state index contributed by atoms with van der Waals surface area (Å²) in [6.45, 7) is 5.98. The van der Waals surface area contributed by atoms with Crippen LogP contribution in [-0.2, 0) is 6.42 Å². The summed E-state index contributed by atoms with van der Waals surface area (Å²) in [4.78, 5) is 28.6. The number of aryl methyl sites for hydroxylation is 1. The molecule has 1 amide bonds. The van der Waals surface area contributed by atoms with Crippen molar-refractivity contribution in [2.24, 2.45) is 0 Å². The van der Waals surface area contributed by atoms with Gasteiger partial charge in [0.15, 0.2) is 5.43 Å². The molecule has 1 aliphatic heterocycles. The predicted octanol–water partition coefficient (Wildman–Crippen LogP) is 5.17. The molecule has 0 saturated carbocycles. The van der Waals surface area contributed by atoms with Gasteiger partial charge in [0.25, 0.3) is 5.91 Å². The van der Waals surface area contributed by atoms with Crippen LogP contribution in [-0.4, -0.2) is 22.7 Å². The van der Waals surface area contributed by atoms with Crippen LogP contribution in [0.5, 0.6) is 5.75 Å². The molecule has 0 fully saturated rings. The number of anilines is 1. The van der Waals surface area contributed by atoms with Crippen LogP contribution in [0.2, 0.25) is 5.02 Å². The maximum Gasteiger partial charge on any atom is 0.297 e. The number of halogens is 1. The molecule has 3 heterocycles. The van der Waals surface area contributed by atoms with Gasteiger partial charge >= 0.3 is 0 Å². The third-order valence-electron chi connectivity index (χ3n) is 5.36. The Bertz CT molecular complexity index is 1440. The number of fused-ring (bicyclic) bond motifs is 2. The minimum absolute atomic E-state index is 0.0000508. The number of amides is 1. The molecule has 0 N–H and O–H groups in total. The lowest BCUT2D eigenvalue weighted by Crippen LogP contribution is -2.29. The molecular formula is C24H18ClN3O4S. The van der Waals surface area contributed by atoms with Crippen LogP contribution >= 0.6 is 22.9 Å². The Balaban J connectivity index is 1.71. The van der Waals surface area contributed by atoms with Crippen LogP contribution in [0, 0.1) is 0 Å². The zero-order valence-corrected chi connectivity index (χ0v) is 19.2. The topological polar surface area (TPSA) is 85.5 Å². The monoisotopic (exact) mass is 479 g/mol. The number of rotatable bonds is 6. The minimum atomic E-state index is -0.724. The van der Waals surface area contributed by atoms with Gasteiger partial charge in [-0.1, -0.05) is 54.6 Å². The maximum atomic E-state index is 13.6. The van der Waals surface area contributed by atoms with Crippen molar-refractivity contribution >= 4 is 44.9 Å². The highest BCUT2D eigenvalue weighted by molar-refractivity contribution is 7.15. The summed E-state index contributed by atoms with van der Waals surface area (Å²) in [6, 6.07) is 11.3. The molecule has 0 radical (unpaired) electrons. The predicted molar refractivity (Wildman–Crippen MR) is 128 cm³/mol. The number of aromatic nitrogens is 2.